The number of nitrogens with one attached hydrogen (secondary N) is 1. The second kappa shape index (κ2) is 8.19. The number of fused-ring (bicyclic) bond motifs is 2. The van der Waals surface area contributed by atoms with Crippen molar-refractivity contribution in [3.05, 3.63) is 36.1 Å². The van der Waals surface area contributed by atoms with Crippen molar-refractivity contribution in [3.8, 4) is 5.75 Å². The summed E-state index contributed by atoms with van der Waals surface area (Å²) >= 11 is 0. The number of ether oxygens (including phenoxy) is 1. The maximum atomic E-state index is 12.4. The van der Waals surface area contributed by atoms with Crippen LogP contribution in [0.5, 0.6) is 5.75 Å². The van der Waals surface area contributed by atoms with E-state index in [9.17, 15) is 4.79 Å². The van der Waals surface area contributed by atoms with Crippen LogP contribution in [0.3, 0.4) is 0 Å². The second-order valence-corrected chi connectivity index (χ2v) is 7.71. The van der Waals surface area contributed by atoms with E-state index in [1.165, 1.54) is 25.9 Å². The average molecular weight is 381 g/mol. The number of rotatable bonds is 6. The zero-order valence-electron chi connectivity index (χ0n) is 16.5. The standard InChI is InChI=1S/C22H27N3O3/c1-15-5-3-9-25(14-15)10-4-8-23-21(26)20-13-17-11-16-12-18(27-2)6-7-19(16)24-22(17)28-20/h6-7,11-13,15H,3-5,8-10,14H2,1-2H3,(H,23,26)/t15-/m0/s1. The minimum atomic E-state index is -0.188. The Morgan fingerprint density at radius 2 is 2.21 bits per heavy atom. The van der Waals surface area contributed by atoms with Crippen molar-refractivity contribution in [3.63, 3.8) is 0 Å². The lowest BCUT2D eigenvalue weighted by Gasteiger charge is -2.30. The summed E-state index contributed by atoms with van der Waals surface area (Å²) in [7, 11) is 1.64. The molecule has 6 nitrogen and oxygen atoms in total. The molecule has 3 aromatic rings. The molecule has 1 atom stereocenters. The maximum Gasteiger partial charge on any atom is 0.287 e. The van der Waals surface area contributed by atoms with Gasteiger partial charge in [-0.2, -0.15) is 0 Å². The van der Waals surface area contributed by atoms with Crippen LogP contribution in [0, 0.1) is 5.92 Å². The monoisotopic (exact) mass is 381 g/mol. The molecule has 1 amide bonds. The molecule has 1 fully saturated rings. The molecule has 4 rings (SSSR count). The summed E-state index contributed by atoms with van der Waals surface area (Å²) in [5.41, 5.74) is 1.29. The van der Waals surface area contributed by atoms with Gasteiger partial charge in [-0.1, -0.05) is 6.92 Å². The number of furan rings is 1. The van der Waals surface area contributed by atoms with Crippen LogP contribution >= 0.6 is 0 Å². The van der Waals surface area contributed by atoms with Gasteiger partial charge in [0.05, 0.1) is 12.6 Å². The molecule has 0 unspecified atom stereocenters. The SMILES string of the molecule is COc1ccc2nc3oc(C(=O)NCCCN4CCC[C@H](C)C4)cc3cc2c1. The van der Waals surface area contributed by atoms with Gasteiger partial charge in [-0.25, -0.2) is 4.98 Å². The Morgan fingerprint density at radius 3 is 3.04 bits per heavy atom. The Kier molecular flexibility index (Phi) is 5.48. The van der Waals surface area contributed by atoms with Crippen molar-refractivity contribution in [2.75, 3.05) is 33.3 Å². The number of piperidine rings is 1. The van der Waals surface area contributed by atoms with Gasteiger partial charge >= 0.3 is 0 Å². The lowest BCUT2D eigenvalue weighted by molar-refractivity contribution is 0.0924. The van der Waals surface area contributed by atoms with Gasteiger partial charge in [0.15, 0.2) is 5.76 Å². The molecule has 6 heteroatoms. The minimum absolute atomic E-state index is 0.188. The summed E-state index contributed by atoms with van der Waals surface area (Å²) in [5.74, 6) is 1.67. The Morgan fingerprint density at radius 1 is 1.32 bits per heavy atom. The molecule has 0 aliphatic carbocycles. The number of hydrogen-bond acceptors (Lipinski definition) is 5. The van der Waals surface area contributed by atoms with Gasteiger partial charge in [0.1, 0.15) is 5.75 Å². The molecule has 0 saturated carbocycles. The third-order valence-corrected chi connectivity index (χ3v) is 5.41. The normalized spacial score (nSPS) is 17.9. The van der Waals surface area contributed by atoms with Gasteiger partial charge in [0.25, 0.3) is 5.91 Å². The molecule has 0 spiro atoms. The highest BCUT2D eigenvalue weighted by molar-refractivity contribution is 5.98. The van der Waals surface area contributed by atoms with E-state index in [-0.39, 0.29) is 5.91 Å². The Bertz CT molecular complexity index is 982. The van der Waals surface area contributed by atoms with Gasteiger partial charge in [0.2, 0.25) is 5.71 Å². The predicted molar refractivity (Wildman–Crippen MR) is 110 cm³/mol. The van der Waals surface area contributed by atoms with Crippen LogP contribution < -0.4 is 10.1 Å². The van der Waals surface area contributed by atoms with E-state index in [1.807, 2.05) is 24.3 Å². The summed E-state index contributed by atoms with van der Waals surface area (Å²) in [6.07, 6.45) is 3.55. The Hall–Kier alpha value is -2.60. The van der Waals surface area contributed by atoms with Gasteiger partial charge in [-0.15, -0.1) is 0 Å². The first kappa shape index (κ1) is 18.7. The molecule has 1 saturated heterocycles. The van der Waals surface area contributed by atoms with Crippen LogP contribution in [-0.4, -0.2) is 49.1 Å². The maximum absolute atomic E-state index is 12.4. The number of likely N-dealkylation sites (tertiary alicyclic amines) is 1. The van der Waals surface area contributed by atoms with Gasteiger partial charge in [-0.3, -0.25) is 4.79 Å². The molecule has 148 valence electrons. The van der Waals surface area contributed by atoms with Crippen LogP contribution in [0.25, 0.3) is 22.0 Å². The van der Waals surface area contributed by atoms with Crippen LogP contribution in [0.15, 0.2) is 34.7 Å². The number of methoxy groups -OCH3 is 1. The van der Waals surface area contributed by atoms with E-state index in [0.717, 1.165) is 40.9 Å². The fraction of sp³-hybridized carbons (Fsp3) is 0.455. The van der Waals surface area contributed by atoms with Crippen molar-refractivity contribution in [1.29, 1.82) is 0 Å². The molecule has 28 heavy (non-hydrogen) atoms. The number of aromatic nitrogens is 1. The van der Waals surface area contributed by atoms with E-state index in [0.29, 0.717) is 18.0 Å². The van der Waals surface area contributed by atoms with E-state index >= 15 is 0 Å². The lowest BCUT2D eigenvalue weighted by atomic mass is 10.0. The van der Waals surface area contributed by atoms with E-state index in [2.05, 4.69) is 22.1 Å². The Labute approximate surface area is 164 Å². The van der Waals surface area contributed by atoms with Crippen molar-refractivity contribution in [1.82, 2.24) is 15.2 Å². The summed E-state index contributed by atoms with van der Waals surface area (Å²) in [6, 6.07) is 9.40. The number of nitrogens with zero attached hydrogens (tertiary/aromatic N) is 2. The minimum Gasteiger partial charge on any atom is -0.497 e. The fourth-order valence-corrected chi connectivity index (χ4v) is 3.93. The molecule has 3 heterocycles. The highest BCUT2D eigenvalue weighted by Crippen LogP contribution is 2.25. The first-order valence-corrected chi connectivity index (χ1v) is 10.0. The van der Waals surface area contributed by atoms with Crippen molar-refractivity contribution in [2.24, 2.45) is 5.92 Å². The van der Waals surface area contributed by atoms with Crippen LogP contribution in [0.2, 0.25) is 0 Å². The molecular weight excluding hydrogens is 354 g/mol. The molecule has 1 aliphatic rings. The number of hydrogen-bond donors (Lipinski definition) is 1. The van der Waals surface area contributed by atoms with Crippen LogP contribution in [0.4, 0.5) is 0 Å². The molecule has 1 N–H and O–H groups in total. The summed E-state index contributed by atoms with van der Waals surface area (Å²) in [5, 5.41) is 4.73. The lowest BCUT2D eigenvalue weighted by Crippen LogP contribution is -2.36. The average Bonchev–Trinajstić information content (AvgIpc) is 3.12. The number of carbonyl (C=O) groups is 1. The van der Waals surface area contributed by atoms with Gasteiger partial charge in [-0.05, 0) is 68.6 Å². The number of pyridine rings is 1. The van der Waals surface area contributed by atoms with Crippen LogP contribution in [-0.2, 0) is 0 Å². The highest BCUT2D eigenvalue weighted by atomic mass is 16.5. The molecule has 0 radical (unpaired) electrons. The molecule has 1 aliphatic heterocycles. The van der Waals surface area contributed by atoms with Gasteiger partial charge in [0, 0.05) is 23.9 Å². The smallest absolute Gasteiger partial charge is 0.287 e. The molecule has 0 bridgehead atoms. The Balaban J connectivity index is 1.37. The van der Waals surface area contributed by atoms with E-state index in [1.54, 1.807) is 13.2 Å². The summed E-state index contributed by atoms with van der Waals surface area (Å²) in [4.78, 5) is 19.4. The topological polar surface area (TPSA) is 67.6 Å². The third kappa shape index (κ3) is 4.12. The summed E-state index contributed by atoms with van der Waals surface area (Å²) < 4.78 is 11.0. The zero-order chi connectivity index (χ0) is 19.5. The van der Waals surface area contributed by atoms with Crippen molar-refractivity contribution >= 4 is 27.9 Å². The highest BCUT2D eigenvalue weighted by Gasteiger charge is 2.16. The number of benzene rings is 1. The first-order chi connectivity index (χ1) is 13.6. The second-order valence-electron chi connectivity index (χ2n) is 7.71. The number of carbonyl (C=O) groups excluding carboxylic acids is 1. The zero-order valence-corrected chi connectivity index (χ0v) is 16.5. The fourth-order valence-electron chi connectivity index (χ4n) is 3.93. The molecule has 1 aromatic carbocycles. The number of amides is 1. The van der Waals surface area contributed by atoms with Crippen molar-refractivity contribution < 1.29 is 13.9 Å². The summed E-state index contributed by atoms with van der Waals surface area (Å²) in [6.45, 7) is 6.32. The third-order valence-electron chi connectivity index (χ3n) is 5.41. The largest absolute Gasteiger partial charge is 0.497 e. The quantitative estimate of drug-likeness (QED) is 0.657. The van der Waals surface area contributed by atoms with Crippen molar-refractivity contribution in [2.45, 2.75) is 26.2 Å². The molecular formula is C22H27N3O3. The molecule has 2 aromatic heterocycles. The van der Waals surface area contributed by atoms with Gasteiger partial charge < -0.3 is 19.4 Å². The first-order valence-electron chi connectivity index (χ1n) is 10.0. The van der Waals surface area contributed by atoms with E-state index < -0.39 is 0 Å². The van der Waals surface area contributed by atoms with Crippen LogP contribution in [0.1, 0.15) is 36.7 Å². The van der Waals surface area contributed by atoms with E-state index in [4.69, 9.17) is 9.15 Å². The predicted octanol–water partition coefficient (Wildman–Crippen LogP) is 3.84.